The van der Waals surface area contributed by atoms with Gasteiger partial charge in [0.2, 0.25) is 23.6 Å². The number of ketones is 1. The van der Waals surface area contributed by atoms with E-state index in [1.165, 1.54) is 0 Å². The summed E-state index contributed by atoms with van der Waals surface area (Å²) in [5, 5.41) is 11.5. The van der Waals surface area contributed by atoms with Crippen LogP contribution < -0.4 is 44.2 Å². The van der Waals surface area contributed by atoms with Crippen LogP contribution in [0.15, 0.2) is 70.6 Å². The largest absolute Gasteiger partial charge is 0.372 e. The predicted octanol–water partition coefficient (Wildman–Crippen LogP) is -0.536. The topological polar surface area (TPSA) is 275 Å². The van der Waals surface area contributed by atoms with Crippen LogP contribution >= 0.6 is 0 Å². The second-order valence-electron chi connectivity index (χ2n) is 14.4. The van der Waals surface area contributed by atoms with Crippen molar-refractivity contribution < 1.29 is 28.7 Å². The number of nitrogens with zero attached hydrogens (tertiary/aromatic N) is 3. The first-order valence-corrected chi connectivity index (χ1v) is 19.5. The molecule has 0 saturated carbocycles. The van der Waals surface area contributed by atoms with Crippen molar-refractivity contribution in [3.8, 4) is 0 Å². The Bertz CT molecular complexity index is 1640. The summed E-state index contributed by atoms with van der Waals surface area (Å²) < 4.78 is 5.73. The average molecular weight is 792 g/mol. The van der Waals surface area contributed by atoms with E-state index in [-0.39, 0.29) is 68.8 Å². The van der Waals surface area contributed by atoms with Crippen molar-refractivity contribution in [3.63, 3.8) is 0 Å². The van der Waals surface area contributed by atoms with Gasteiger partial charge in [0.05, 0.1) is 30.8 Å². The number of Topliss-reactive ketones (excluding diaryl/α,β-unsaturated/α-hetero) is 1. The second kappa shape index (κ2) is 24.2. The van der Waals surface area contributed by atoms with Crippen molar-refractivity contribution in [3.05, 3.63) is 71.8 Å². The van der Waals surface area contributed by atoms with Crippen molar-refractivity contribution in [2.24, 2.45) is 38.8 Å². The molecule has 312 valence electrons. The summed E-state index contributed by atoms with van der Waals surface area (Å²) in [7, 11) is 1.65. The summed E-state index contributed by atoms with van der Waals surface area (Å²) in [6.45, 7) is 4.89. The molecule has 1 aliphatic heterocycles. The molecule has 1 heterocycles. The van der Waals surface area contributed by atoms with Crippen LogP contribution in [-0.4, -0.2) is 116 Å². The lowest BCUT2D eigenvalue weighted by atomic mass is 9.90. The van der Waals surface area contributed by atoms with Crippen molar-refractivity contribution in [2.75, 3.05) is 39.8 Å². The molecule has 57 heavy (non-hydrogen) atoms. The highest BCUT2D eigenvalue weighted by Crippen LogP contribution is 2.17. The number of carbonyl (C=O) groups is 5. The fourth-order valence-electron chi connectivity index (χ4n) is 6.67. The Morgan fingerprint density at radius 3 is 1.74 bits per heavy atom. The van der Waals surface area contributed by atoms with Gasteiger partial charge in [-0.25, -0.2) is 0 Å². The molecule has 2 aromatic rings. The van der Waals surface area contributed by atoms with Gasteiger partial charge in [-0.2, -0.15) is 0 Å². The lowest BCUT2D eigenvalue weighted by Gasteiger charge is -2.35. The number of nitrogens with two attached hydrogens (primary N) is 4. The zero-order chi connectivity index (χ0) is 41.7. The molecule has 0 aliphatic carbocycles. The Labute approximate surface area is 335 Å². The number of amides is 4. The van der Waals surface area contributed by atoms with Crippen LogP contribution in [-0.2, 0) is 41.6 Å². The van der Waals surface area contributed by atoms with E-state index in [0.717, 1.165) is 11.1 Å². The molecule has 12 N–H and O–H groups in total. The van der Waals surface area contributed by atoms with Crippen LogP contribution in [0, 0.1) is 5.92 Å². The van der Waals surface area contributed by atoms with Gasteiger partial charge < -0.3 is 53.8 Å². The number of rotatable bonds is 23. The molecule has 17 heteroatoms. The lowest BCUT2D eigenvalue weighted by molar-refractivity contribution is -0.143. The van der Waals surface area contributed by atoms with Gasteiger partial charge in [-0.3, -0.25) is 34.0 Å². The molecule has 3 rings (SSSR count). The summed E-state index contributed by atoms with van der Waals surface area (Å²) in [4.78, 5) is 78.4. The van der Waals surface area contributed by atoms with E-state index >= 15 is 0 Å². The van der Waals surface area contributed by atoms with Gasteiger partial charge in [0.15, 0.2) is 17.7 Å². The fourth-order valence-corrected chi connectivity index (χ4v) is 6.67. The number of morpholine rings is 1. The van der Waals surface area contributed by atoms with Gasteiger partial charge >= 0.3 is 0 Å². The van der Waals surface area contributed by atoms with E-state index in [9.17, 15) is 24.0 Å². The summed E-state index contributed by atoms with van der Waals surface area (Å²) in [5.41, 5.74) is 23.5. The standard InChI is InChI=1S/C40H61N11O6/c1-26-24-51(25-27(2)57-26)35(53)23-48-36(54)30(16-10-18-46-39(41)42)22-34(52)32(20-28-12-6-4-7-13-28)49-38(56)33(21-29-14-8-5-9-15-29)50-37(55)31(45-3)17-11-19-47-40(43)44/h4-9,12-15,26-27,30-33,45H,10-11,16-25H2,1-3H3,(H,48,54)(H,49,56)(H,50,55)(H4,41,42,46)(H4,43,44,47). The van der Waals surface area contributed by atoms with Crippen LogP contribution in [0.1, 0.15) is 57.1 Å². The third-order valence-corrected chi connectivity index (χ3v) is 9.52. The smallest absolute Gasteiger partial charge is 0.243 e. The summed E-state index contributed by atoms with van der Waals surface area (Å²) in [6, 6.07) is 15.7. The summed E-state index contributed by atoms with van der Waals surface area (Å²) in [5.74, 6) is -3.09. The number of ether oxygens (including phenoxy) is 1. The average Bonchev–Trinajstić information content (AvgIpc) is 3.17. The zero-order valence-corrected chi connectivity index (χ0v) is 33.3. The van der Waals surface area contributed by atoms with Gasteiger partial charge in [0.25, 0.3) is 0 Å². The Kier molecular flexibility index (Phi) is 19.4. The maximum Gasteiger partial charge on any atom is 0.243 e. The number of carbonyl (C=O) groups excluding carboxylic acids is 5. The number of aliphatic imine (C=N–C) groups is 2. The first-order valence-electron chi connectivity index (χ1n) is 19.5. The highest BCUT2D eigenvalue weighted by Gasteiger charge is 2.32. The minimum absolute atomic E-state index is 0.0409. The Morgan fingerprint density at radius 1 is 0.719 bits per heavy atom. The summed E-state index contributed by atoms with van der Waals surface area (Å²) >= 11 is 0. The molecule has 0 bridgehead atoms. The molecule has 17 nitrogen and oxygen atoms in total. The second-order valence-corrected chi connectivity index (χ2v) is 14.4. The van der Waals surface area contributed by atoms with Crippen LogP contribution in [0.4, 0.5) is 0 Å². The minimum atomic E-state index is -1.05. The molecule has 0 spiro atoms. The van der Waals surface area contributed by atoms with E-state index < -0.39 is 47.5 Å². The molecule has 0 radical (unpaired) electrons. The maximum atomic E-state index is 14.3. The zero-order valence-electron chi connectivity index (χ0n) is 33.3. The highest BCUT2D eigenvalue weighted by molar-refractivity contribution is 5.96. The number of guanidine groups is 2. The van der Waals surface area contributed by atoms with Crippen molar-refractivity contribution in [2.45, 2.75) is 89.1 Å². The van der Waals surface area contributed by atoms with Crippen LogP contribution in [0.5, 0.6) is 0 Å². The van der Waals surface area contributed by atoms with E-state index in [0.29, 0.717) is 38.9 Å². The van der Waals surface area contributed by atoms with Crippen molar-refractivity contribution in [1.29, 1.82) is 0 Å². The third kappa shape index (κ3) is 17.0. The monoisotopic (exact) mass is 791 g/mol. The lowest BCUT2D eigenvalue weighted by Crippen LogP contribution is -2.56. The number of nitrogens with one attached hydrogen (secondary N) is 4. The van der Waals surface area contributed by atoms with Gasteiger partial charge in [-0.05, 0) is 64.1 Å². The Balaban J connectivity index is 1.83. The first-order chi connectivity index (χ1) is 27.2. The Hall–Kier alpha value is -5.55. The van der Waals surface area contributed by atoms with E-state index in [4.69, 9.17) is 27.7 Å². The van der Waals surface area contributed by atoms with E-state index in [1.54, 1.807) is 11.9 Å². The SMILES string of the molecule is CNC(CCCN=C(N)N)C(=O)NC(Cc1ccccc1)C(=O)NC(Cc1ccccc1)C(=O)CC(CCCN=C(N)N)C(=O)NCC(=O)N1CC(C)OC(C)C1. The van der Waals surface area contributed by atoms with Crippen molar-refractivity contribution >= 4 is 41.3 Å². The van der Waals surface area contributed by atoms with Gasteiger partial charge in [0, 0.05) is 44.9 Å². The molecular weight excluding hydrogens is 731 g/mol. The number of hydrogen-bond donors (Lipinski definition) is 8. The van der Waals surface area contributed by atoms with Crippen LogP contribution in [0.25, 0.3) is 0 Å². The number of likely N-dealkylation sites (N-methyl/N-ethyl adjacent to an activating group) is 1. The number of hydrogen-bond acceptors (Lipinski definition) is 9. The first kappa shape index (κ1) is 45.8. The molecule has 6 unspecified atom stereocenters. The quantitative estimate of drug-likeness (QED) is 0.0402. The molecule has 6 atom stereocenters. The maximum absolute atomic E-state index is 14.3. The molecule has 0 aromatic heterocycles. The molecule has 1 saturated heterocycles. The normalized spacial score (nSPS) is 17.2. The molecule has 1 aliphatic rings. The minimum Gasteiger partial charge on any atom is -0.372 e. The van der Waals surface area contributed by atoms with Crippen LogP contribution in [0.3, 0.4) is 0 Å². The van der Waals surface area contributed by atoms with Crippen molar-refractivity contribution in [1.82, 2.24) is 26.2 Å². The van der Waals surface area contributed by atoms with E-state index in [1.807, 2.05) is 74.5 Å². The third-order valence-electron chi connectivity index (χ3n) is 9.52. The molecule has 4 amide bonds. The van der Waals surface area contributed by atoms with Crippen LogP contribution in [0.2, 0.25) is 0 Å². The molecule has 1 fully saturated rings. The van der Waals surface area contributed by atoms with Gasteiger partial charge in [0.1, 0.15) is 6.04 Å². The Morgan fingerprint density at radius 2 is 1.21 bits per heavy atom. The van der Waals surface area contributed by atoms with E-state index in [2.05, 4.69) is 31.3 Å². The fraction of sp³-hybridized carbons (Fsp3) is 0.525. The van der Waals surface area contributed by atoms with Gasteiger partial charge in [-0.1, -0.05) is 60.7 Å². The predicted molar refractivity (Wildman–Crippen MR) is 220 cm³/mol. The molecule has 2 aromatic carbocycles. The highest BCUT2D eigenvalue weighted by atomic mass is 16.5. The van der Waals surface area contributed by atoms with Gasteiger partial charge in [-0.15, -0.1) is 0 Å². The molecular formula is C40H61N11O6. The number of benzene rings is 2. The summed E-state index contributed by atoms with van der Waals surface area (Å²) in [6.07, 6.45) is 1.30.